The molecule has 0 radical (unpaired) electrons. The van der Waals surface area contributed by atoms with Crippen molar-refractivity contribution in [3.8, 4) is 11.8 Å². The van der Waals surface area contributed by atoms with Crippen molar-refractivity contribution in [1.82, 2.24) is 5.32 Å². The standard InChI is InChI=1S/C19H29NO2.C4H10/c1-5-21-14-7-15-22-13-6-8-18-9-11-19(12-10-18)17(4)20-16(2)3;1-4(2)3/h9-12,16-17,20H,5,7,13-15H2,1-4H3;4H,1-3H3. The highest BCUT2D eigenvalue weighted by molar-refractivity contribution is 5.36. The van der Waals surface area contributed by atoms with Crippen molar-refractivity contribution in [3.05, 3.63) is 35.4 Å². The van der Waals surface area contributed by atoms with Gasteiger partial charge in [-0.15, -0.1) is 0 Å². The molecule has 3 nitrogen and oxygen atoms in total. The van der Waals surface area contributed by atoms with Crippen LogP contribution in [0.5, 0.6) is 0 Å². The Hall–Kier alpha value is -1.34. The second-order valence-electron chi connectivity index (χ2n) is 7.30. The molecule has 0 fully saturated rings. The molecule has 0 aliphatic carbocycles. The van der Waals surface area contributed by atoms with Crippen LogP contribution in [0.4, 0.5) is 0 Å². The Morgan fingerprint density at radius 3 is 2.04 bits per heavy atom. The maximum atomic E-state index is 5.44. The minimum absolute atomic E-state index is 0.357. The predicted octanol–water partition coefficient (Wildman–Crippen LogP) is 5.20. The van der Waals surface area contributed by atoms with E-state index in [9.17, 15) is 0 Å². The molecule has 0 heterocycles. The van der Waals surface area contributed by atoms with Crippen molar-refractivity contribution < 1.29 is 9.47 Å². The molecule has 1 unspecified atom stereocenters. The molecule has 1 N–H and O–H groups in total. The smallest absolute Gasteiger partial charge is 0.108 e. The Balaban J connectivity index is 0.00000141. The summed E-state index contributed by atoms with van der Waals surface area (Å²) in [5.41, 5.74) is 2.31. The summed E-state index contributed by atoms with van der Waals surface area (Å²) < 4.78 is 10.7. The van der Waals surface area contributed by atoms with Crippen molar-refractivity contribution in [3.63, 3.8) is 0 Å². The molecule has 1 aromatic rings. The average Bonchev–Trinajstić information content (AvgIpc) is 2.56. The third-order valence-electron chi connectivity index (χ3n) is 3.18. The molecule has 0 spiro atoms. The Labute approximate surface area is 161 Å². The zero-order valence-corrected chi connectivity index (χ0v) is 17.9. The van der Waals surface area contributed by atoms with Gasteiger partial charge in [-0.2, -0.15) is 0 Å². The van der Waals surface area contributed by atoms with Gasteiger partial charge in [-0.25, -0.2) is 0 Å². The zero-order valence-electron chi connectivity index (χ0n) is 17.9. The highest BCUT2D eigenvalue weighted by atomic mass is 16.5. The van der Waals surface area contributed by atoms with Crippen LogP contribution in [0, 0.1) is 17.8 Å². The molecule has 148 valence electrons. The molecule has 26 heavy (non-hydrogen) atoms. The summed E-state index contributed by atoms with van der Waals surface area (Å²) in [7, 11) is 0. The first-order valence-electron chi connectivity index (χ1n) is 9.87. The Morgan fingerprint density at radius 1 is 0.923 bits per heavy atom. The average molecular weight is 362 g/mol. The Bertz CT molecular complexity index is 494. The van der Waals surface area contributed by atoms with Crippen molar-refractivity contribution in [2.24, 2.45) is 5.92 Å². The third-order valence-corrected chi connectivity index (χ3v) is 3.18. The van der Waals surface area contributed by atoms with E-state index in [1.807, 2.05) is 6.92 Å². The maximum absolute atomic E-state index is 5.44. The van der Waals surface area contributed by atoms with E-state index >= 15 is 0 Å². The van der Waals surface area contributed by atoms with Gasteiger partial charge in [0.2, 0.25) is 0 Å². The van der Waals surface area contributed by atoms with Crippen molar-refractivity contribution >= 4 is 0 Å². The van der Waals surface area contributed by atoms with E-state index in [1.165, 1.54) is 5.56 Å². The molecule has 1 aromatic carbocycles. The van der Waals surface area contributed by atoms with E-state index in [1.54, 1.807) is 0 Å². The lowest BCUT2D eigenvalue weighted by atomic mass is 10.1. The van der Waals surface area contributed by atoms with Crippen molar-refractivity contribution in [1.29, 1.82) is 0 Å². The highest BCUT2D eigenvalue weighted by Gasteiger charge is 2.05. The van der Waals surface area contributed by atoms with Crippen LogP contribution in [0.15, 0.2) is 24.3 Å². The molecule has 0 aliphatic rings. The fourth-order valence-corrected chi connectivity index (χ4v) is 2.12. The first-order chi connectivity index (χ1) is 12.4. The number of benzene rings is 1. The number of ether oxygens (including phenoxy) is 2. The van der Waals surface area contributed by atoms with E-state index in [2.05, 4.69) is 83.0 Å². The summed E-state index contributed by atoms with van der Waals surface area (Å²) in [6, 6.07) is 9.23. The van der Waals surface area contributed by atoms with Crippen LogP contribution in [-0.2, 0) is 9.47 Å². The number of hydrogen-bond donors (Lipinski definition) is 1. The monoisotopic (exact) mass is 361 g/mol. The minimum Gasteiger partial charge on any atom is -0.382 e. The summed E-state index contributed by atoms with van der Waals surface area (Å²) in [6.07, 6.45) is 0.922. The number of rotatable bonds is 9. The van der Waals surface area contributed by atoms with Crippen LogP contribution in [0.3, 0.4) is 0 Å². The molecule has 0 aliphatic heterocycles. The number of hydrogen-bond acceptors (Lipinski definition) is 3. The summed E-state index contributed by atoms with van der Waals surface area (Å²) >= 11 is 0. The number of nitrogens with one attached hydrogen (secondary N) is 1. The molecule has 0 amide bonds. The topological polar surface area (TPSA) is 30.5 Å². The Morgan fingerprint density at radius 2 is 1.50 bits per heavy atom. The van der Waals surface area contributed by atoms with E-state index in [0.717, 1.165) is 31.1 Å². The van der Waals surface area contributed by atoms with Gasteiger partial charge in [0.1, 0.15) is 6.61 Å². The van der Waals surface area contributed by atoms with Gasteiger partial charge < -0.3 is 14.8 Å². The zero-order chi connectivity index (χ0) is 19.8. The first-order valence-corrected chi connectivity index (χ1v) is 9.87. The van der Waals surface area contributed by atoms with Crippen LogP contribution in [0.1, 0.15) is 72.1 Å². The molecule has 0 saturated carbocycles. The van der Waals surface area contributed by atoms with Gasteiger partial charge in [0.15, 0.2) is 0 Å². The van der Waals surface area contributed by atoms with Gasteiger partial charge >= 0.3 is 0 Å². The van der Waals surface area contributed by atoms with Gasteiger partial charge in [0.05, 0.1) is 6.61 Å². The SMILES string of the molecule is CC(C)C.CCOCCCOCC#Cc1ccc(C(C)NC(C)C)cc1. The minimum atomic E-state index is 0.357. The predicted molar refractivity (Wildman–Crippen MR) is 112 cm³/mol. The van der Waals surface area contributed by atoms with Crippen LogP contribution >= 0.6 is 0 Å². The fraction of sp³-hybridized carbons (Fsp3) is 0.652. The maximum Gasteiger partial charge on any atom is 0.108 e. The lowest BCUT2D eigenvalue weighted by Crippen LogP contribution is -2.25. The van der Waals surface area contributed by atoms with E-state index in [-0.39, 0.29) is 0 Å². The van der Waals surface area contributed by atoms with Crippen LogP contribution < -0.4 is 5.32 Å². The highest BCUT2D eigenvalue weighted by Crippen LogP contribution is 2.13. The second-order valence-corrected chi connectivity index (χ2v) is 7.30. The van der Waals surface area contributed by atoms with Crippen LogP contribution in [0.2, 0.25) is 0 Å². The van der Waals surface area contributed by atoms with E-state index in [4.69, 9.17) is 9.47 Å². The van der Waals surface area contributed by atoms with Gasteiger partial charge in [-0.05, 0) is 43.9 Å². The van der Waals surface area contributed by atoms with Gasteiger partial charge in [-0.1, -0.05) is 58.6 Å². The first kappa shape index (κ1) is 24.7. The van der Waals surface area contributed by atoms with Crippen molar-refractivity contribution in [2.45, 2.75) is 67.0 Å². The van der Waals surface area contributed by atoms with Crippen LogP contribution in [0.25, 0.3) is 0 Å². The van der Waals surface area contributed by atoms with Gasteiger partial charge in [-0.3, -0.25) is 0 Å². The molecule has 1 rings (SSSR count). The Kier molecular flexibility index (Phi) is 15.1. The van der Waals surface area contributed by atoms with E-state index in [0.29, 0.717) is 25.3 Å². The normalized spacial score (nSPS) is 11.6. The lowest BCUT2D eigenvalue weighted by molar-refractivity contribution is 0.102. The second kappa shape index (κ2) is 15.9. The molecular formula is C23H39NO2. The van der Waals surface area contributed by atoms with Crippen molar-refractivity contribution in [2.75, 3.05) is 26.4 Å². The molecule has 3 heteroatoms. The molecule has 1 atom stereocenters. The van der Waals surface area contributed by atoms with E-state index < -0.39 is 0 Å². The molecule has 0 saturated heterocycles. The quantitative estimate of drug-likeness (QED) is 0.484. The summed E-state index contributed by atoms with van der Waals surface area (Å²) in [5.74, 6) is 7.01. The summed E-state index contributed by atoms with van der Waals surface area (Å²) in [6.45, 7) is 17.7. The van der Waals surface area contributed by atoms with Crippen LogP contribution in [-0.4, -0.2) is 32.5 Å². The molecule has 0 bridgehead atoms. The lowest BCUT2D eigenvalue weighted by Gasteiger charge is -2.17. The molecular weight excluding hydrogens is 322 g/mol. The molecule has 0 aromatic heterocycles. The summed E-state index contributed by atoms with van der Waals surface area (Å²) in [4.78, 5) is 0. The fourth-order valence-electron chi connectivity index (χ4n) is 2.12. The van der Waals surface area contributed by atoms with Gasteiger partial charge in [0, 0.05) is 30.9 Å². The summed E-state index contributed by atoms with van der Waals surface area (Å²) in [5, 5.41) is 3.49. The third kappa shape index (κ3) is 15.0. The van der Waals surface area contributed by atoms with Gasteiger partial charge in [0.25, 0.3) is 0 Å². The largest absolute Gasteiger partial charge is 0.382 e.